The highest BCUT2D eigenvalue weighted by Crippen LogP contribution is 2.14. The summed E-state index contributed by atoms with van der Waals surface area (Å²) >= 11 is 4.07. The first kappa shape index (κ1) is 11.3. The third-order valence-corrected chi connectivity index (χ3v) is 2.78. The minimum Gasteiger partial charge on any atom is -0.408 e. The van der Waals surface area contributed by atoms with Gasteiger partial charge in [-0.3, -0.25) is 4.57 Å². The molecule has 86 valence electrons. The molecule has 1 aromatic carbocycles. The van der Waals surface area contributed by atoms with Gasteiger partial charge in [0.05, 0.1) is 5.52 Å². The van der Waals surface area contributed by atoms with Crippen molar-refractivity contribution in [1.82, 2.24) is 9.88 Å². The molecule has 1 aromatic heterocycles. The molecule has 1 N–H and O–H groups in total. The molecule has 0 bridgehead atoms. The molecule has 0 aliphatic rings. The van der Waals surface area contributed by atoms with Crippen LogP contribution in [0.25, 0.3) is 11.1 Å². The second-order valence-electron chi connectivity index (χ2n) is 3.64. The van der Waals surface area contributed by atoms with Crippen molar-refractivity contribution in [1.29, 1.82) is 0 Å². The van der Waals surface area contributed by atoms with Crippen molar-refractivity contribution in [3.8, 4) is 0 Å². The van der Waals surface area contributed by atoms with Gasteiger partial charge in [0.1, 0.15) is 0 Å². The van der Waals surface area contributed by atoms with Crippen molar-refractivity contribution in [3.05, 3.63) is 34.3 Å². The van der Waals surface area contributed by atoms with E-state index in [-0.39, 0.29) is 5.76 Å². The monoisotopic (exact) mass is 238 g/mol. The Morgan fingerprint density at radius 1 is 1.50 bits per heavy atom. The number of nitrogens with zero attached hydrogens (tertiary/aromatic N) is 1. The van der Waals surface area contributed by atoms with Crippen LogP contribution in [0.4, 0.5) is 0 Å². The Balaban J connectivity index is 2.27. The lowest BCUT2D eigenvalue weighted by Gasteiger charge is -2.01. The molecule has 1 heterocycles. The third kappa shape index (κ3) is 2.15. The maximum atomic E-state index is 11.3. The molecule has 0 fully saturated rings. The summed E-state index contributed by atoms with van der Waals surface area (Å²) in [5, 5.41) is 3.13. The van der Waals surface area contributed by atoms with Crippen molar-refractivity contribution in [2.75, 3.05) is 12.4 Å². The predicted molar refractivity (Wildman–Crippen MR) is 67.0 cm³/mol. The van der Waals surface area contributed by atoms with Gasteiger partial charge >= 0.3 is 5.76 Å². The highest BCUT2D eigenvalue weighted by molar-refractivity contribution is 7.80. The van der Waals surface area contributed by atoms with E-state index in [0.29, 0.717) is 11.5 Å². The zero-order valence-electron chi connectivity index (χ0n) is 9.06. The highest BCUT2D eigenvalue weighted by Gasteiger charge is 2.05. The Hall–Kier alpha value is -1.20. The van der Waals surface area contributed by atoms with Crippen molar-refractivity contribution < 1.29 is 4.42 Å². The third-order valence-electron chi connectivity index (χ3n) is 2.56. The highest BCUT2D eigenvalue weighted by atomic mass is 32.1. The van der Waals surface area contributed by atoms with Crippen LogP contribution in [0.15, 0.2) is 27.4 Å². The number of oxazole rings is 1. The quantitative estimate of drug-likeness (QED) is 0.477. The van der Waals surface area contributed by atoms with E-state index in [9.17, 15) is 4.79 Å². The summed E-state index contributed by atoms with van der Waals surface area (Å²) in [4.78, 5) is 11.3. The lowest BCUT2D eigenvalue weighted by atomic mass is 10.1. The standard InChI is InChI=1S/C11H14N2O2S/c1-13-9-3-2-8(4-5-12-7-16)6-10(9)15-11(13)14/h2-3,6,12,16H,4-5,7H2,1H3. The molecule has 4 nitrogen and oxygen atoms in total. The number of thiol groups is 1. The van der Waals surface area contributed by atoms with Crippen LogP contribution >= 0.6 is 12.6 Å². The van der Waals surface area contributed by atoms with Gasteiger partial charge in [0.2, 0.25) is 0 Å². The first-order valence-corrected chi connectivity index (χ1v) is 5.75. The van der Waals surface area contributed by atoms with Gasteiger partial charge in [-0.25, -0.2) is 4.79 Å². The smallest absolute Gasteiger partial charge is 0.408 e. The van der Waals surface area contributed by atoms with E-state index >= 15 is 0 Å². The Bertz CT molecular complexity index is 544. The molecule has 0 aliphatic carbocycles. The number of aromatic nitrogens is 1. The Labute approximate surface area is 98.7 Å². The molecule has 0 atom stereocenters. The van der Waals surface area contributed by atoms with Gasteiger partial charge in [-0.15, -0.1) is 0 Å². The molecule has 5 heteroatoms. The summed E-state index contributed by atoms with van der Waals surface area (Å²) in [5.74, 6) is 0.350. The summed E-state index contributed by atoms with van der Waals surface area (Å²) in [5.41, 5.74) is 2.63. The molecule has 2 aromatic rings. The fraction of sp³-hybridized carbons (Fsp3) is 0.364. The van der Waals surface area contributed by atoms with Gasteiger partial charge in [-0.1, -0.05) is 6.07 Å². The van der Waals surface area contributed by atoms with Crippen LogP contribution in [0, 0.1) is 0 Å². The van der Waals surface area contributed by atoms with Crippen LogP contribution in [0.5, 0.6) is 0 Å². The summed E-state index contributed by atoms with van der Waals surface area (Å²) < 4.78 is 6.62. The number of rotatable bonds is 4. The van der Waals surface area contributed by atoms with E-state index in [0.717, 1.165) is 24.0 Å². The molecular weight excluding hydrogens is 224 g/mol. The minimum atomic E-state index is -0.319. The average molecular weight is 238 g/mol. The SMILES string of the molecule is Cn1c(=O)oc2cc(CCNCS)ccc21. The topological polar surface area (TPSA) is 47.2 Å². The largest absolute Gasteiger partial charge is 0.419 e. The van der Waals surface area contributed by atoms with E-state index in [1.807, 2.05) is 18.2 Å². The van der Waals surface area contributed by atoms with E-state index in [1.165, 1.54) is 4.57 Å². The minimum absolute atomic E-state index is 0.319. The van der Waals surface area contributed by atoms with Gasteiger partial charge in [0.15, 0.2) is 5.58 Å². The molecule has 0 radical (unpaired) electrons. The van der Waals surface area contributed by atoms with E-state index in [2.05, 4.69) is 17.9 Å². The molecule has 2 rings (SSSR count). The average Bonchev–Trinajstić information content (AvgIpc) is 2.55. The fourth-order valence-corrected chi connectivity index (χ4v) is 1.80. The molecule has 0 saturated heterocycles. The van der Waals surface area contributed by atoms with Gasteiger partial charge in [0, 0.05) is 12.9 Å². The lowest BCUT2D eigenvalue weighted by molar-refractivity contribution is 0.528. The van der Waals surface area contributed by atoms with Gasteiger partial charge < -0.3 is 9.73 Å². The summed E-state index contributed by atoms with van der Waals surface area (Å²) in [7, 11) is 1.70. The second-order valence-corrected chi connectivity index (χ2v) is 3.95. The Morgan fingerprint density at radius 3 is 3.06 bits per heavy atom. The van der Waals surface area contributed by atoms with Crippen molar-refractivity contribution >= 4 is 23.7 Å². The maximum Gasteiger partial charge on any atom is 0.419 e. The van der Waals surface area contributed by atoms with E-state index in [1.54, 1.807) is 7.05 Å². The van der Waals surface area contributed by atoms with Crippen molar-refractivity contribution in [2.45, 2.75) is 6.42 Å². The van der Waals surface area contributed by atoms with Crippen LogP contribution in [-0.4, -0.2) is 17.0 Å². The number of fused-ring (bicyclic) bond motifs is 1. The summed E-state index contributed by atoms with van der Waals surface area (Å²) in [6, 6.07) is 5.84. The fourth-order valence-electron chi connectivity index (χ4n) is 1.65. The van der Waals surface area contributed by atoms with Gasteiger partial charge in [-0.2, -0.15) is 12.6 Å². The lowest BCUT2D eigenvalue weighted by Crippen LogP contribution is -2.14. The zero-order valence-corrected chi connectivity index (χ0v) is 9.96. The normalized spacial score (nSPS) is 11.1. The van der Waals surface area contributed by atoms with Crippen LogP contribution < -0.4 is 11.1 Å². The molecule has 16 heavy (non-hydrogen) atoms. The molecule has 0 unspecified atom stereocenters. The Kier molecular flexibility index (Phi) is 3.36. The van der Waals surface area contributed by atoms with Crippen molar-refractivity contribution in [2.24, 2.45) is 7.05 Å². The molecule has 0 saturated carbocycles. The summed E-state index contributed by atoms with van der Waals surface area (Å²) in [6.45, 7) is 0.867. The van der Waals surface area contributed by atoms with Gasteiger partial charge in [0.25, 0.3) is 0 Å². The first-order chi connectivity index (χ1) is 7.72. The van der Waals surface area contributed by atoms with Crippen molar-refractivity contribution in [3.63, 3.8) is 0 Å². The first-order valence-electron chi connectivity index (χ1n) is 5.12. The number of hydrogen-bond donors (Lipinski definition) is 2. The molecular formula is C11H14N2O2S. The number of nitrogens with one attached hydrogen (secondary N) is 1. The van der Waals surface area contributed by atoms with E-state index < -0.39 is 0 Å². The maximum absolute atomic E-state index is 11.3. The molecule has 0 spiro atoms. The number of aryl methyl sites for hydroxylation is 1. The predicted octanol–water partition coefficient (Wildman–Crippen LogP) is 1.15. The second kappa shape index (κ2) is 4.76. The van der Waals surface area contributed by atoms with Crippen LogP contribution in [-0.2, 0) is 13.5 Å². The Morgan fingerprint density at radius 2 is 2.31 bits per heavy atom. The van der Waals surface area contributed by atoms with Crippen LogP contribution in [0.3, 0.4) is 0 Å². The van der Waals surface area contributed by atoms with Crippen LogP contribution in [0.2, 0.25) is 0 Å². The summed E-state index contributed by atoms with van der Waals surface area (Å²) in [6.07, 6.45) is 0.898. The molecule has 0 amide bonds. The van der Waals surface area contributed by atoms with Crippen LogP contribution in [0.1, 0.15) is 5.56 Å². The zero-order chi connectivity index (χ0) is 11.5. The molecule has 0 aliphatic heterocycles. The van der Waals surface area contributed by atoms with E-state index in [4.69, 9.17) is 4.42 Å². The number of hydrogen-bond acceptors (Lipinski definition) is 4. The number of benzene rings is 1. The van der Waals surface area contributed by atoms with Gasteiger partial charge in [-0.05, 0) is 30.7 Å².